The second-order valence-electron chi connectivity index (χ2n) is 3.60. The number of carboxylic acids is 1. The van der Waals surface area contributed by atoms with Crippen LogP contribution in [-0.2, 0) is 11.2 Å². The fourth-order valence-corrected chi connectivity index (χ4v) is 1.71. The SMILES string of the molecule is Cc1cc2c(c(CC(=O)O)c1C)OCO2. The van der Waals surface area contributed by atoms with Crippen LogP contribution in [0.4, 0.5) is 0 Å². The molecule has 0 spiro atoms. The smallest absolute Gasteiger partial charge is 0.307 e. The normalized spacial score (nSPS) is 12.9. The number of aliphatic carboxylic acids is 1. The Morgan fingerprint density at radius 2 is 2.20 bits per heavy atom. The van der Waals surface area contributed by atoms with Crippen molar-refractivity contribution in [3.05, 3.63) is 22.8 Å². The molecule has 1 aliphatic rings. The van der Waals surface area contributed by atoms with Crippen molar-refractivity contribution in [1.29, 1.82) is 0 Å². The van der Waals surface area contributed by atoms with Gasteiger partial charge >= 0.3 is 5.97 Å². The Bertz CT molecular complexity index is 423. The molecule has 4 nitrogen and oxygen atoms in total. The summed E-state index contributed by atoms with van der Waals surface area (Å²) in [5, 5.41) is 8.82. The highest BCUT2D eigenvalue weighted by Gasteiger charge is 2.22. The molecule has 1 aliphatic heterocycles. The molecule has 0 atom stereocenters. The number of hydrogen-bond donors (Lipinski definition) is 1. The molecule has 1 heterocycles. The first kappa shape index (κ1) is 9.83. The fourth-order valence-electron chi connectivity index (χ4n) is 1.71. The molecule has 0 unspecified atom stereocenters. The van der Waals surface area contributed by atoms with Gasteiger partial charge in [0.05, 0.1) is 6.42 Å². The van der Waals surface area contributed by atoms with E-state index in [1.165, 1.54) is 0 Å². The van der Waals surface area contributed by atoms with E-state index in [4.69, 9.17) is 14.6 Å². The Morgan fingerprint density at radius 3 is 2.87 bits per heavy atom. The summed E-state index contributed by atoms with van der Waals surface area (Å²) in [6.07, 6.45) is -0.0286. The summed E-state index contributed by atoms with van der Waals surface area (Å²) in [5.74, 6) is 0.372. The minimum atomic E-state index is -0.860. The Kier molecular flexibility index (Phi) is 2.26. The molecule has 15 heavy (non-hydrogen) atoms. The highest BCUT2D eigenvalue weighted by molar-refractivity contribution is 5.73. The van der Waals surface area contributed by atoms with E-state index in [1.54, 1.807) is 0 Å². The number of carbonyl (C=O) groups is 1. The van der Waals surface area contributed by atoms with Crippen molar-refractivity contribution in [1.82, 2.24) is 0 Å². The molecule has 4 heteroatoms. The lowest BCUT2D eigenvalue weighted by atomic mass is 9.99. The van der Waals surface area contributed by atoms with Crippen LogP contribution in [0.2, 0.25) is 0 Å². The van der Waals surface area contributed by atoms with Crippen molar-refractivity contribution in [3.63, 3.8) is 0 Å². The van der Waals surface area contributed by atoms with Crippen molar-refractivity contribution < 1.29 is 19.4 Å². The molecule has 0 saturated heterocycles. The van der Waals surface area contributed by atoms with Crippen LogP contribution in [-0.4, -0.2) is 17.9 Å². The van der Waals surface area contributed by atoms with E-state index in [0.717, 1.165) is 16.7 Å². The first-order valence-corrected chi connectivity index (χ1v) is 4.70. The molecule has 0 aliphatic carbocycles. The molecule has 0 radical (unpaired) electrons. The molecule has 0 aromatic heterocycles. The van der Waals surface area contributed by atoms with E-state index < -0.39 is 5.97 Å². The lowest BCUT2D eigenvalue weighted by molar-refractivity contribution is -0.136. The third-order valence-electron chi connectivity index (χ3n) is 2.64. The Balaban J connectivity index is 2.55. The zero-order chi connectivity index (χ0) is 11.0. The Morgan fingerprint density at radius 1 is 1.47 bits per heavy atom. The van der Waals surface area contributed by atoms with Gasteiger partial charge in [0.2, 0.25) is 6.79 Å². The average Bonchev–Trinajstić information content (AvgIpc) is 2.59. The Hall–Kier alpha value is -1.71. The maximum Gasteiger partial charge on any atom is 0.307 e. The third kappa shape index (κ3) is 1.63. The van der Waals surface area contributed by atoms with Gasteiger partial charge in [0.1, 0.15) is 0 Å². The number of ether oxygens (including phenoxy) is 2. The minimum Gasteiger partial charge on any atom is -0.481 e. The van der Waals surface area contributed by atoms with Crippen LogP contribution < -0.4 is 9.47 Å². The van der Waals surface area contributed by atoms with Gasteiger partial charge in [-0.3, -0.25) is 4.79 Å². The molecule has 0 saturated carbocycles. The zero-order valence-electron chi connectivity index (χ0n) is 8.66. The van der Waals surface area contributed by atoms with Gasteiger partial charge in [-0.25, -0.2) is 0 Å². The van der Waals surface area contributed by atoms with Crippen LogP contribution in [0.15, 0.2) is 6.07 Å². The van der Waals surface area contributed by atoms with E-state index in [9.17, 15) is 4.79 Å². The van der Waals surface area contributed by atoms with Crippen LogP contribution in [0.1, 0.15) is 16.7 Å². The monoisotopic (exact) mass is 208 g/mol. The molecule has 1 aromatic carbocycles. The Labute approximate surface area is 87.4 Å². The van der Waals surface area contributed by atoms with Crippen molar-refractivity contribution in [2.24, 2.45) is 0 Å². The molecule has 1 aromatic rings. The summed E-state index contributed by atoms with van der Waals surface area (Å²) < 4.78 is 10.5. The van der Waals surface area contributed by atoms with Gasteiger partial charge in [0.25, 0.3) is 0 Å². The number of rotatable bonds is 2. The summed E-state index contributed by atoms with van der Waals surface area (Å²) in [5.41, 5.74) is 2.70. The van der Waals surface area contributed by atoms with Gasteiger partial charge in [0.15, 0.2) is 11.5 Å². The number of benzene rings is 1. The van der Waals surface area contributed by atoms with Crippen LogP contribution in [0, 0.1) is 13.8 Å². The highest BCUT2D eigenvalue weighted by atomic mass is 16.7. The molecule has 0 amide bonds. The van der Waals surface area contributed by atoms with Gasteiger partial charge in [0, 0.05) is 5.56 Å². The summed E-state index contributed by atoms with van der Waals surface area (Å²) in [6, 6.07) is 1.88. The van der Waals surface area contributed by atoms with E-state index >= 15 is 0 Å². The summed E-state index contributed by atoms with van der Waals surface area (Å²) in [4.78, 5) is 10.7. The number of hydrogen-bond acceptors (Lipinski definition) is 3. The molecule has 1 N–H and O–H groups in total. The lowest BCUT2D eigenvalue weighted by Crippen LogP contribution is -2.04. The third-order valence-corrected chi connectivity index (χ3v) is 2.64. The number of aryl methyl sites for hydroxylation is 1. The van der Waals surface area contributed by atoms with Crippen molar-refractivity contribution in [3.8, 4) is 11.5 Å². The maximum absolute atomic E-state index is 10.7. The predicted molar refractivity (Wildman–Crippen MR) is 53.4 cm³/mol. The molecule has 80 valence electrons. The standard InChI is InChI=1S/C11H12O4/c1-6-3-9-11(15-5-14-9)8(7(6)2)4-10(12)13/h3H,4-5H2,1-2H3,(H,12,13). The van der Waals surface area contributed by atoms with E-state index in [0.29, 0.717) is 11.5 Å². The summed E-state index contributed by atoms with van der Waals surface area (Å²) >= 11 is 0. The molecule has 0 bridgehead atoms. The van der Waals surface area contributed by atoms with Crippen molar-refractivity contribution >= 4 is 5.97 Å². The largest absolute Gasteiger partial charge is 0.481 e. The maximum atomic E-state index is 10.7. The lowest BCUT2D eigenvalue weighted by Gasteiger charge is -2.10. The van der Waals surface area contributed by atoms with Crippen LogP contribution in [0.25, 0.3) is 0 Å². The average molecular weight is 208 g/mol. The number of carboxylic acid groups (broad SMARTS) is 1. The van der Waals surface area contributed by atoms with Gasteiger partial charge in [-0.1, -0.05) is 0 Å². The highest BCUT2D eigenvalue weighted by Crippen LogP contribution is 2.39. The fraction of sp³-hybridized carbons (Fsp3) is 0.364. The summed E-state index contributed by atoms with van der Waals surface area (Å²) in [6.45, 7) is 4.00. The second-order valence-corrected chi connectivity index (χ2v) is 3.60. The first-order valence-electron chi connectivity index (χ1n) is 4.70. The first-order chi connectivity index (χ1) is 7.09. The van der Waals surface area contributed by atoms with E-state index in [2.05, 4.69) is 0 Å². The quantitative estimate of drug-likeness (QED) is 0.803. The molecule has 0 fully saturated rings. The van der Waals surface area contributed by atoms with Crippen LogP contribution in [0.5, 0.6) is 11.5 Å². The molecular weight excluding hydrogens is 196 g/mol. The summed E-state index contributed by atoms with van der Waals surface area (Å²) in [7, 11) is 0. The molecular formula is C11H12O4. The van der Waals surface area contributed by atoms with E-state index in [1.807, 2.05) is 19.9 Å². The van der Waals surface area contributed by atoms with E-state index in [-0.39, 0.29) is 13.2 Å². The van der Waals surface area contributed by atoms with Gasteiger partial charge in [-0.05, 0) is 31.0 Å². The van der Waals surface area contributed by atoms with Crippen molar-refractivity contribution in [2.75, 3.05) is 6.79 Å². The van der Waals surface area contributed by atoms with Gasteiger partial charge in [-0.2, -0.15) is 0 Å². The van der Waals surface area contributed by atoms with Gasteiger partial charge in [-0.15, -0.1) is 0 Å². The van der Waals surface area contributed by atoms with Gasteiger partial charge < -0.3 is 14.6 Å². The minimum absolute atomic E-state index is 0.0286. The predicted octanol–water partition coefficient (Wildman–Crippen LogP) is 1.66. The zero-order valence-corrected chi connectivity index (χ0v) is 8.66. The second kappa shape index (κ2) is 3.46. The molecule has 2 rings (SSSR count). The van der Waals surface area contributed by atoms with Crippen LogP contribution >= 0.6 is 0 Å². The number of fused-ring (bicyclic) bond motifs is 1. The van der Waals surface area contributed by atoms with Crippen molar-refractivity contribution in [2.45, 2.75) is 20.3 Å². The van der Waals surface area contributed by atoms with Crippen LogP contribution in [0.3, 0.4) is 0 Å². The topological polar surface area (TPSA) is 55.8 Å².